The summed E-state index contributed by atoms with van der Waals surface area (Å²) < 4.78 is 5.64. The molecule has 1 heterocycles. The van der Waals surface area contributed by atoms with E-state index in [-0.39, 0.29) is 17.1 Å². The number of aromatic nitrogens is 1. The molecule has 0 radical (unpaired) electrons. The molecule has 0 spiro atoms. The fraction of sp³-hybridized carbons (Fsp3) is 0.778. The highest BCUT2D eigenvalue weighted by Crippen LogP contribution is 2.29. The minimum absolute atomic E-state index is 0.129. The van der Waals surface area contributed by atoms with Gasteiger partial charge >= 0.3 is 0 Å². The molecule has 2 rings (SSSR count). The molecule has 23 heavy (non-hydrogen) atoms. The van der Waals surface area contributed by atoms with Crippen molar-refractivity contribution < 1.29 is 9.21 Å². The van der Waals surface area contributed by atoms with Gasteiger partial charge in [-0.05, 0) is 32.6 Å². The van der Waals surface area contributed by atoms with Gasteiger partial charge in [0.1, 0.15) is 5.76 Å². The van der Waals surface area contributed by atoms with Gasteiger partial charge in [0, 0.05) is 6.04 Å². The molecule has 130 valence electrons. The monoisotopic (exact) mass is 338 g/mol. The highest BCUT2D eigenvalue weighted by molar-refractivity contribution is 8.00. The molecule has 5 heteroatoms. The van der Waals surface area contributed by atoms with Crippen LogP contribution < -0.4 is 5.32 Å². The molecule has 1 aliphatic rings. The van der Waals surface area contributed by atoms with Crippen molar-refractivity contribution in [3.05, 3.63) is 11.5 Å². The third kappa shape index (κ3) is 5.55. The van der Waals surface area contributed by atoms with Crippen molar-refractivity contribution in [2.75, 3.05) is 0 Å². The van der Waals surface area contributed by atoms with Gasteiger partial charge in [0.05, 0.1) is 10.9 Å². The molecule has 1 N–H and O–H groups in total. The van der Waals surface area contributed by atoms with Crippen LogP contribution in [0.3, 0.4) is 0 Å². The predicted octanol–water partition coefficient (Wildman–Crippen LogP) is 4.64. The summed E-state index contributed by atoms with van der Waals surface area (Å²) in [5, 5.41) is 3.73. The fourth-order valence-corrected chi connectivity index (χ4v) is 4.01. The lowest BCUT2D eigenvalue weighted by Gasteiger charge is -2.25. The first-order valence-electron chi connectivity index (χ1n) is 8.88. The van der Waals surface area contributed by atoms with E-state index in [0.717, 1.165) is 24.3 Å². The third-order valence-corrected chi connectivity index (χ3v) is 5.94. The predicted molar refractivity (Wildman–Crippen MR) is 94.7 cm³/mol. The third-order valence-electron chi connectivity index (χ3n) is 4.55. The summed E-state index contributed by atoms with van der Waals surface area (Å²) in [6.45, 7) is 8.00. The molecule has 1 aromatic rings. The van der Waals surface area contributed by atoms with Crippen molar-refractivity contribution in [1.29, 1.82) is 0 Å². The highest BCUT2D eigenvalue weighted by Gasteiger charge is 2.27. The standard InChI is InChI=1S/C18H30N2O2S/c1-12(2)16(23-18-19-13(3)14(4)22-18)17(21)20-15-10-8-6-5-7-9-11-15/h12,15-16H,5-11H2,1-4H3,(H,20,21). The molecule has 1 aromatic heterocycles. The van der Waals surface area contributed by atoms with E-state index in [1.165, 1.54) is 43.9 Å². The highest BCUT2D eigenvalue weighted by atomic mass is 32.2. The average Bonchev–Trinajstić information content (AvgIpc) is 2.77. The van der Waals surface area contributed by atoms with Crippen LogP contribution in [-0.4, -0.2) is 22.2 Å². The Balaban J connectivity index is 1.97. The average molecular weight is 339 g/mol. The number of carbonyl (C=O) groups excluding carboxylic acids is 1. The zero-order valence-corrected chi connectivity index (χ0v) is 15.7. The summed E-state index contributed by atoms with van der Waals surface area (Å²) in [7, 11) is 0. The zero-order valence-electron chi connectivity index (χ0n) is 14.9. The summed E-state index contributed by atoms with van der Waals surface area (Å²) in [6.07, 6.45) is 8.60. The van der Waals surface area contributed by atoms with E-state index in [0.29, 0.717) is 11.3 Å². The van der Waals surface area contributed by atoms with Crippen LogP contribution in [0.2, 0.25) is 0 Å². The Bertz CT molecular complexity index is 486. The molecular formula is C18H30N2O2S. The molecule has 0 bridgehead atoms. The maximum atomic E-state index is 12.7. The largest absolute Gasteiger partial charge is 0.437 e. The van der Waals surface area contributed by atoms with Gasteiger partial charge in [-0.25, -0.2) is 4.98 Å². The van der Waals surface area contributed by atoms with Gasteiger partial charge in [0.25, 0.3) is 5.22 Å². The quantitative estimate of drug-likeness (QED) is 0.795. The van der Waals surface area contributed by atoms with E-state index in [4.69, 9.17) is 4.42 Å². The van der Waals surface area contributed by atoms with Gasteiger partial charge in [0.15, 0.2) is 0 Å². The van der Waals surface area contributed by atoms with Crippen LogP contribution >= 0.6 is 11.8 Å². The van der Waals surface area contributed by atoms with Gasteiger partial charge < -0.3 is 9.73 Å². The number of hydrogen-bond donors (Lipinski definition) is 1. The van der Waals surface area contributed by atoms with E-state index >= 15 is 0 Å². The first kappa shape index (κ1) is 18.4. The van der Waals surface area contributed by atoms with Crippen molar-refractivity contribution in [3.63, 3.8) is 0 Å². The Morgan fingerprint density at radius 3 is 2.30 bits per heavy atom. The lowest BCUT2D eigenvalue weighted by molar-refractivity contribution is -0.122. The van der Waals surface area contributed by atoms with Gasteiger partial charge in [-0.15, -0.1) is 0 Å². The van der Waals surface area contributed by atoms with Crippen LogP contribution in [0.4, 0.5) is 0 Å². The molecule has 1 amide bonds. The summed E-state index contributed by atoms with van der Waals surface area (Å²) >= 11 is 1.45. The van der Waals surface area contributed by atoms with Crippen LogP contribution in [0.25, 0.3) is 0 Å². The number of hydrogen-bond acceptors (Lipinski definition) is 4. The van der Waals surface area contributed by atoms with Crippen molar-refractivity contribution in [3.8, 4) is 0 Å². The van der Waals surface area contributed by atoms with Gasteiger partial charge in [-0.2, -0.15) is 0 Å². The molecule has 0 aliphatic heterocycles. The number of nitrogens with zero attached hydrogens (tertiary/aromatic N) is 1. The molecule has 1 saturated carbocycles. The van der Waals surface area contributed by atoms with E-state index in [9.17, 15) is 4.79 Å². The zero-order chi connectivity index (χ0) is 16.8. The minimum Gasteiger partial charge on any atom is -0.437 e. The van der Waals surface area contributed by atoms with Crippen molar-refractivity contribution in [1.82, 2.24) is 10.3 Å². The van der Waals surface area contributed by atoms with Crippen LogP contribution in [-0.2, 0) is 4.79 Å². The Morgan fingerprint density at radius 1 is 1.17 bits per heavy atom. The maximum Gasteiger partial charge on any atom is 0.256 e. The number of aryl methyl sites for hydroxylation is 2. The van der Waals surface area contributed by atoms with Gasteiger partial charge in [-0.1, -0.05) is 57.7 Å². The van der Waals surface area contributed by atoms with Crippen molar-refractivity contribution in [2.45, 2.75) is 89.2 Å². The van der Waals surface area contributed by atoms with Crippen LogP contribution in [0.1, 0.15) is 70.2 Å². The number of carbonyl (C=O) groups is 1. The summed E-state index contributed by atoms with van der Waals surface area (Å²) in [6, 6.07) is 0.331. The number of amides is 1. The number of rotatable bonds is 5. The normalized spacial score (nSPS) is 18.5. The Hall–Kier alpha value is -0.970. The smallest absolute Gasteiger partial charge is 0.256 e. The molecule has 1 unspecified atom stereocenters. The maximum absolute atomic E-state index is 12.7. The molecule has 1 atom stereocenters. The summed E-state index contributed by atoms with van der Waals surface area (Å²) in [5.74, 6) is 1.19. The lowest BCUT2D eigenvalue weighted by Crippen LogP contribution is -2.42. The van der Waals surface area contributed by atoms with E-state index in [1.807, 2.05) is 13.8 Å². The van der Waals surface area contributed by atoms with E-state index < -0.39 is 0 Å². The number of nitrogens with one attached hydrogen (secondary N) is 1. The van der Waals surface area contributed by atoms with Gasteiger partial charge in [-0.3, -0.25) is 4.79 Å². The second-order valence-electron chi connectivity index (χ2n) is 6.95. The van der Waals surface area contributed by atoms with Crippen LogP contribution in [0.15, 0.2) is 9.64 Å². The van der Waals surface area contributed by atoms with Crippen molar-refractivity contribution >= 4 is 17.7 Å². The minimum atomic E-state index is -0.155. The second kappa shape index (κ2) is 8.76. The van der Waals surface area contributed by atoms with Crippen LogP contribution in [0, 0.1) is 19.8 Å². The summed E-state index contributed by atoms with van der Waals surface area (Å²) in [4.78, 5) is 17.2. The first-order valence-corrected chi connectivity index (χ1v) is 9.76. The molecule has 1 fully saturated rings. The fourth-order valence-electron chi connectivity index (χ4n) is 2.98. The van der Waals surface area contributed by atoms with E-state index in [2.05, 4.69) is 24.1 Å². The first-order chi connectivity index (χ1) is 11.0. The SMILES string of the molecule is Cc1nc(SC(C(=O)NC2CCCCCCC2)C(C)C)oc1C. The molecule has 0 aromatic carbocycles. The molecule has 4 nitrogen and oxygen atoms in total. The van der Waals surface area contributed by atoms with Gasteiger partial charge in [0.2, 0.25) is 5.91 Å². The van der Waals surface area contributed by atoms with E-state index in [1.54, 1.807) is 0 Å². The Kier molecular flexibility index (Phi) is 7.00. The number of thioether (sulfide) groups is 1. The topological polar surface area (TPSA) is 55.1 Å². The van der Waals surface area contributed by atoms with Crippen molar-refractivity contribution in [2.24, 2.45) is 5.92 Å². The second-order valence-corrected chi connectivity index (χ2v) is 8.05. The lowest BCUT2D eigenvalue weighted by atomic mass is 9.96. The molecule has 1 aliphatic carbocycles. The number of oxazole rings is 1. The van der Waals surface area contributed by atoms with Crippen LogP contribution in [0.5, 0.6) is 0 Å². The Morgan fingerprint density at radius 2 is 1.78 bits per heavy atom. The summed E-state index contributed by atoms with van der Waals surface area (Å²) in [5.41, 5.74) is 0.899. The Labute approximate surface area is 144 Å². The molecular weight excluding hydrogens is 308 g/mol. The molecule has 0 saturated heterocycles.